The molecule has 6 nitrogen and oxygen atoms in total. The number of carbonyl (C=O) groups is 1. The number of amides is 1. The van der Waals surface area contributed by atoms with Crippen molar-refractivity contribution in [2.45, 2.75) is 257 Å². The van der Waals surface area contributed by atoms with E-state index < -0.39 is 36.9 Å². The second-order valence-electron chi connectivity index (χ2n) is 15.7. The largest absolute Gasteiger partial charge is 0.394 e. The zero-order valence-corrected chi connectivity index (χ0v) is 34.6. The molecular formula is C46H89NO5. The van der Waals surface area contributed by atoms with Crippen molar-refractivity contribution in [2.24, 2.45) is 0 Å². The molecule has 5 N–H and O–H groups in total. The minimum atomic E-state index is -1.28. The second-order valence-corrected chi connectivity index (χ2v) is 15.7. The van der Waals surface area contributed by atoms with Gasteiger partial charge in [0.25, 0.3) is 0 Å². The van der Waals surface area contributed by atoms with Gasteiger partial charge in [-0.15, -0.1) is 0 Å². The molecule has 0 radical (unpaired) electrons. The molecule has 0 saturated carbocycles. The minimum absolute atomic E-state index is 0.348. The van der Waals surface area contributed by atoms with Crippen LogP contribution in [0.25, 0.3) is 0 Å². The molecule has 0 bridgehead atoms. The quantitative estimate of drug-likeness (QED) is 0.0317. The van der Waals surface area contributed by atoms with Gasteiger partial charge < -0.3 is 25.7 Å². The number of allylic oxidation sites excluding steroid dienone is 4. The first-order valence-electron chi connectivity index (χ1n) is 22.7. The summed E-state index contributed by atoms with van der Waals surface area (Å²) in [4.78, 5) is 12.4. The summed E-state index contributed by atoms with van der Waals surface area (Å²) in [7, 11) is 0. The predicted molar refractivity (Wildman–Crippen MR) is 224 cm³/mol. The van der Waals surface area contributed by atoms with Crippen LogP contribution in [0.4, 0.5) is 0 Å². The van der Waals surface area contributed by atoms with E-state index in [1.165, 1.54) is 148 Å². The molecule has 4 unspecified atom stereocenters. The molecule has 0 heterocycles. The Hall–Kier alpha value is -1.21. The van der Waals surface area contributed by atoms with E-state index in [9.17, 15) is 25.2 Å². The van der Waals surface area contributed by atoms with Crippen LogP contribution in [0, 0.1) is 0 Å². The summed E-state index contributed by atoms with van der Waals surface area (Å²) < 4.78 is 0. The summed E-state index contributed by atoms with van der Waals surface area (Å²) in [5, 5.41) is 43.5. The van der Waals surface area contributed by atoms with Gasteiger partial charge >= 0.3 is 0 Å². The Morgan fingerprint density at radius 1 is 0.462 bits per heavy atom. The Morgan fingerprint density at radius 2 is 0.808 bits per heavy atom. The third-order valence-electron chi connectivity index (χ3n) is 10.6. The van der Waals surface area contributed by atoms with E-state index in [2.05, 4.69) is 43.5 Å². The highest BCUT2D eigenvalue weighted by Gasteiger charge is 2.28. The molecule has 52 heavy (non-hydrogen) atoms. The lowest BCUT2D eigenvalue weighted by atomic mass is 10.00. The van der Waals surface area contributed by atoms with Gasteiger partial charge in [-0.1, -0.05) is 199 Å². The van der Waals surface area contributed by atoms with Crippen molar-refractivity contribution in [3.05, 3.63) is 24.3 Å². The van der Waals surface area contributed by atoms with Crippen molar-refractivity contribution in [3.8, 4) is 0 Å². The van der Waals surface area contributed by atoms with E-state index in [1.807, 2.05) is 0 Å². The van der Waals surface area contributed by atoms with Crippen molar-refractivity contribution in [1.29, 1.82) is 0 Å². The topological polar surface area (TPSA) is 110 Å². The number of carbonyl (C=O) groups excluding carboxylic acids is 1. The lowest BCUT2D eigenvalue weighted by Crippen LogP contribution is -2.53. The van der Waals surface area contributed by atoms with Gasteiger partial charge in [-0.05, 0) is 57.8 Å². The molecule has 0 saturated heterocycles. The van der Waals surface area contributed by atoms with Crippen LogP contribution in [0.2, 0.25) is 0 Å². The van der Waals surface area contributed by atoms with Gasteiger partial charge in [0.15, 0.2) is 0 Å². The maximum Gasteiger partial charge on any atom is 0.249 e. The van der Waals surface area contributed by atoms with Gasteiger partial charge in [0.1, 0.15) is 12.2 Å². The molecule has 0 aromatic rings. The zero-order valence-electron chi connectivity index (χ0n) is 34.6. The van der Waals surface area contributed by atoms with E-state index in [0.29, 0.717) is 12.8 Å². The summed E-state index contributed by atoms with van der Waals surface area (Å²) in [5.41, 5.74) is 0. The maximum absolute atomic E-state index is 12.4. The highest BCUT2D eigenvalue weighted by molar-refractivity contribution is 5.80. The third kappa shape index (κ3) is 34.6. The summed E-state index contributed by atoms with van der Waals surface area (Å²) in [5.74, 6) is -0.604. The number of unbranched alkanes of at least 4 members (excludes halogenated alkanes) is 28. The molecule has 0 aliphatic rings. The number of nitrogens with one attached hydrogen (secondary N) is 1. The van der Waals surface area contributed by atoms with Gasteiger partial charge in [-0.3, -0.25) is 4.79 Å². The maximum atomic E-state index is 12.4. The van der Waals surface area contributed by atoms with Crippen molar-refractivity contribution >= 4 is 5.91 Å². The fourth-order valence-electron chi connectivity index (χ4n) is 6.97. The van der Waals surface area contributed by atoms with E-state index in [-0.39, 0.29) is 0 Å². The van der Waals surface area contributed by atoms with Crippen molar-refractivity contribution < 1.29 is 25.2 Å². The van der Waals surface area contributed by atoms with E-state index in [4.69, 9.17) is 0 Å². The molecule has 308 valence electrons. The minimum Gasteiger partial charge on any atom is -0.394 e. The number of rotatable bonds is 41. The standard InChI is InChI=1S/C46H89NO5/c1-3-5-7-9-11-13-15-16-17-18-19-20-21-22-23-24-25-26-27-28-29-30-32-33-35-37-39-43(49)45(51)42(41-48)47-46(52)44(50)40-38-36-34-31-14-12-10-8-6-4-2/h10,12,32-33,42-45,48-51H,3-9,11,13-31,34-41H2,1-2H3,(H,47,52)/b12-10-,33-32+. The van der Waals surface area contributed by atoms with Crippen molar-refractivity contribution in [3.63, 3.8) is 0 Å². The number of aliphatic hydroxyl groups excluding tert-OH is 4. The highest BCUT2D eigenvalue weighted by Crippen LogP contribution is 2.16. The predicted octanol–water partition coefficient (Wildman–Crippen LogP) is 12.0. The smallest absolute Gasteiger partial charge is 0.249 e. The van der Waals surface area contributed by atoms with Crippen molar-refractivity contribution in [2.75, 3.05) is 6.61 Å². The van der Waals surface area contributed by atoms with Crippen LogP contribution in [0.1, 0.15) is 232 Å². The lowest BCUT2D eigenvalue weighted by Gasteiger charge is -2.27. The lowest BCUT2D eigenvalue weighted by molar-refractivity contribution is -0.132. The molecule has 0 rings (SSSR count). The molecule has 1 amide bonds. The fourth-order valence-corrected chi connectivity index (χ4v) is 6.97. The first-order chi connectivity index (χ1) is 25.5. The van der Waals surface area contributed by atoms with Crippen LogP contribution in [-0.4, -0.2) is 57.3 Å². The first kappa shape index (κ1) is 50.8. The summed E-state index contributed by atoms with van der Waals surface area (Å²) in [6.07, 6.45) is 46.7. The van der Waals surface area contributed by atoms with Crippen LogP contribution < -0.4 is 5.32 Å². The Morgan fingerprint density at radius 3 is 1.21 bits per heavy atom. The Balaban J connectivity index is 3.66. The van der Waals surface area contributed by atoms with E-state index in [1.54, 1.807) is 0 Å². The highest BCUT2D eigenvalue weighted by atomic mass is 16.3. The van der Waals surface area contributed by atoms with Gasteiger partial charge in [-0.2, -0.15) is 0 Å². The number of hydrogen-bond acceptors (Lipinski definition) is 5. The second kappa shape index (κ2) is 41.0. The molecule has 0 aromatic heterocycles. The fraction of sp³-hybridized carbons (Fsp3) is 0.891. The molecular weight excluding hydrogens is 647 g/mol. The normalized spacial score (nSPS) is 14.3. The summed E-state index contributed by atoms with van der Waals surface area (Å²) >= 11 is 0. The molecule has 0 spiro atoms. The average molecular weight is 736 g/mol. The van der Waals surface area contributed by atoms with Gasteiger partial charge in [0.05, 0.1) is 18.8 Å². The monoisotopic (exact) mass is 736 g/mol. The van der Waals surface area contributed by atoms with Crippen LogP contribution in [-0.2, 0) is 4.79 Å². The SMILES string of the molecule is CCCC/C=C\CCCCCCC(O)C(=O)NC(CO)C(O)C(O)CCC/C=C/CCCCCCCCCCCCCCCCCCCCCCC. The molecule has 4 atom stereocenters. The molecule has 0 aliphatic heterocycles. The number of aliphatic hydroxyl groups is 4. The summed E-state index contributed by atoms with van der Waals surface area (Å²) in [6.45, 7) is 3.99. The van der Waals surface area contributed by atoms with Crippen LogP contribution in [0.15, 0.2) is 24.3 Å². The van der Waals surface area contributed by atoms with Gasteiger partial charge in [0, 0.05) is 0 Å². The first-order valence-corrected chi connectivity index (χ1v) is 22.7. The van der Waals surface area contributed by atoms with Crippen molar-refractivity contribution in [1.82, 2.24) is 5.32 Å². The Bertz CT molecular complexity index is 787. The summed E-state index contributed by atoms with van der Waals surface area (Å²) in [6, 6.07) is -1.00. The molecule has 0 aliphatic carbocycles. The van der Waals surface area contributed by atoms with Crippen LogP contribution >= 0.6 is 0 Å². The van der Waals surface area contributed by atoms with Gasteiger partial charge in [-0.25, -0.2) is 0 Å². The molecule has 0 aromatic carbocycles. The van der Waals surface area contributed by atoms with Gasteiger partial charge in [0.2, 0.25) is 5.91 Å². The average Bonchev–Trinajstić information content (AvgIpc) is 3.15. The Kier molecular flexibility index (Phi) is 40.0. The van der Waals surface area contributed by atoms with E-state index >= 15 is 0 Å². The van der Waals surface area contributed by atoms with Crippen LogP contribution in [0.5, 0.6) is 0 Å². The Labute approximate surface area is 323 Å². The molecule has 0 fully saturated rings. The molecule has 6 heteroatoms. The number of hydrogen-bond donors (Lipinski definition) is 5. The third-order valence-corrected chi connectivity index (χ3v) is 10.6. The van der Waals surface area contributed by atoms with E-state index in [0.717, 1.165) is 57.8 Å². The van der Waals surface area contributed by atoms with Crippen LogP contribution in [0.3, 0.4) is 0 Å². The zero-order chi connectivity index (χ0) is 38.2.